The zero-order valence-corrected chi connectivity index (χ0v) is 14.3. The van der Waals surface area contributed by atoms with Crippen molar-refractivity contribution in [3.63, 3.8) is 0 Å². The molecule has 1 aliphatic rings. The Morgan fingerprint density at radius 2 is 2.04 bits per heavy atom. The van der Waals surface area contributed by atoms with Crippen LogP contribution in [0, 0.1) is 5.92 Å². The van der Waals surface area contributed by atoms with Crippen molar-refractivity contribution in [2.24, 2.45) is 17.4 Å². The van der Waals surface area contributed by atoms with Crippen LogP contribution < -0.4 is 16.8 Å². The van der Waals surface area contributed by atoms with Crippen molar-refractivity contribution in [1.82, 2.24) is 5.32 Å². The maximum atomic E-state index is 11.8. The van der Waals surface area contributed by atoms with Crippen LogP contribution in [0.15, 0.2) is 24.3 Å². The van der Waals surface area contributed by atoms with Gasteiger partial charge in [-0.2, -0.15) is 11.4 Å². The highest BCUT2D eigenvalue weighted by atomic mass is 32.1. The smallest absolute Gasteiger partial charge is 0.251 e. The highest BCUT2D eigenvalue weighted by molar-refractivity contribution is 7.97. The van der Waals surface area contributed by atoms with Gasteiger partial charge in [0.1, 0.15) is 0 Å². The molecule has 0 spiro atoms. The Morgan fingerprint density at radius 3 is 2.70 bits per heavy atom. The lowest BCUT2D eigenvalue weighted by molar-refractivity contribution is 0.0954. The molecular weight excluding hydrogens is 310 g/mol. The second-order valence-corrected chi connectivity index (χ2v) is 7.13. The molecule has 0 heterocycles. The first kappa shape index (κ1) is 18.1. The van der Waals surface area contributed by atoms with Crippen LogP contribution in [0.3, 0.4) is 0 Å². The number of hydrogen-bond acceptors (Lipinski definition) is 3. The summed E-state index contributed by atoms with van der Waals surface area (Å²) < 4.78 is 0. The van der Waals surface area contributed by atoms with Gasteiger partial charge in [-0.15, -0.1) is 0 Å². The average molecular weight is 337 g/mol. The van der Waals surface area contributed by atoms with Crippen molar-refractivity contribution in [3.05, 3.63) is 35.4 Å². The van der Waals surface area contributed by atoms with Crippen molar-refractivity contribution in [2.75, 3.05) is 13.1 Å². The zero-order valence-electron chi connectivity index (χ0n) is 13.4. The van der Waals surface area contributed by atoms with Gasteiger partial charge in [-0.05, 0) is 37.0 Å². The minimum absolute atomic E-state index is 0.106. The number of thiol groups is 1. The first-order chi connectivity index (χ1) is 11.1. The molecule has 0 unspecified atom stereocenters. The van der Waals surface area contributed by atoms with Crippen LogP contribution in [0.2, 0.25) is 0 Å². The van der Waals surface area contributed by atoms with Crippen LogP contribution in [0.1, 0.15) is 41.6 Å². The van der Waals surface area contributed by atoms with E-state index in [1.807, 2.05) is 24.3 Å². The van der Waals surface area contributed by atoms with Gasteiger partial charge < -0.3 is 21.9 Å². The fourth-order valence-corrected chi connectivity index (χ4v) is 3.86. The Labute approximate surface area is 141 Å². The Hall–Kier alpha value is -1.21. The third kappa shape index (κ3) is 5.73. The molecule has 0 aliphatic heterocycles. The van der Waals surface area contributed by atoms with Crippen molar-refractivity contribution in [2.45, 2.75) is 37.5 Å². The van der Waals surface area contributed by atoms with E-state index in [1.165, 1.54) is 0 Å². The monoisotopic (exact) mass is 337 g/mol. The van der Waals surface area contributed by atoms with Gasteiger partial charge in [-0.3, -0.25) is 4.79 Å². The molecule has 2 atom stereocenters. The SMILES string of the molecule is NCCNC(=O)c1ccc(C[SH]=C(O)[C@H]2CCC[C@H](N)C2)cc1. The maximum Gasteiger partial charge on any atom is 0.251 e. The highest BCUT2D eigenvalue weighted by Crippen LogP contribution is 2.25. The predicted octanol–water partition coefficient (Wildman–Crippen LogP) is 1.55. The number of carbonyl (C=O) groups excluding carboxylic acids is 1. The van der Waals surface area contributed by atoms with E-state index in [0.717, 1.165) is 48.4 Å². The van der Waals surface area contributed by atoms with E-state index in [4.69, 9.17) is 11.5 Å². The van der Waals surface area contributed by atoms with Gasteiger partial charge in [0, 0.05) is 36.4 Å². The molecule has 128 valence electrons. The van der Waals surface area contributed by atoms with Crippen LogP contribution in [-0.4, -0.2) is 35.2 Å². The van der Waals surface area contributed by atoms with Gasteiger partial charge in [-0.1, -0.05) is 18.6 Å². The summed E-state index contributed by atoms with van der Waals surface area (Å²) in [6, 6.07) is 7.71. The van der Waals surface area contributed by atoms with Crippen LogP contribution in [0.4, 0.5) is 0 Å². The summed E-state index contributed by atoms with van der Waals surface area (Å²) in [4.78, 5) is 11.8. The lowest BCUT2D eigenvalue weighted by atomic mass is 9.87. The number of carbonyl (C=O) groups is 1. The fraction of sp³-hybridized carbons (Fsp3) is 0.529. The first-order valence-electron chi connectivity index (χ1n) is 8.16. The zero-order chi connectivity index (χ0) is 16.7. The number of aliphatic hydroxyl groups excluding tert-OH is 1. The number of nitrogens with one attached hydrogen (secondary N) is 1. The summed E-state index contributed by atoms with van der Waals surface area (Å²) in [6.07, 6.45) is 4.08. The molecule has 0 aromatic heterocycles. The molecular formula is C17H27N3O2S. The lowest BCUT2D eigenvalue weighted by Gasteiger charge is -2.26. The van der Waals surface area contributed by atoms with Crippen LogP contribution in [0.25, 0.3) is 0 Å². The largest absolute Gasteiger partial charge is 0.359 e. The minimum Gasteiger partial charge on any atom is -0.359 e. The number of nitrogens with two attached hydrogens (primary N) is 2. The first-order valence-corrected chi connectivity index (χ1v) is 9.24. The quantitative estimate of drug-likeness (QED) is 0.401. The number of rotatable bonds is 6. The van der Waals surface area contributed by atoms with Crippen LogP contribution >= 0.6 is 11.4 Å². The summed E-state index contributed by atoms with van der Waals surface area (Å²) >= 11 is 0.930. The third-order valence-electron chi connectivity index (χ3n) is 4.15. The molecule has 23 heavy (non-hydrogen) atoms. The van der Waals surface area contributed by atoms with Gasteiger partial charge in [0.05, 0.1) is 5.05 Å². The number of aliphatic hydroxyl groups is 1. The summed E-state index contributed by atoms with van der Waals surface area (Å²) in [5.74, 6) is 0.884. The Kier molecular flexibility index (Phi) is 7.23. The van der Waals surface area contributed by atoms with Crippen molar-refractivity contribution >= 4 is 22.3 Å². The van der Waals surface area contributed by atoms with E-state index in [2.05, 4.69) is 5.32 Å². The molecule has 1 aliphatic carbocycles. The molecule has 6 N–H and O–H groups in total. The molecule has 1 fully saturated rings. The fourth-order valence-electron chi connectivity index (χ4n) is 2.81. The molecule has 5 nitrogen and oxygen atoms in total. The second-order valence-electron chi connectivity index (χ2n) is 6.04. The normalized spacial score (nSPS) is 22.3. The lowest BCUT2D eigenvalue weighted by Crippen LogP contribution is -2.31. The number of hydrogen-bond donors (Lipinski definition) is 5. The Bertz CT molecular complexity index is 545. The molecule has 0 radical (unpaired) electrons. The topological polar surface area (TPSA) is 101 Å². The van der Waals surface area contributed by atoms with E-state index in [-0.39, 0.29) is 17.9 Å². The molecule has 0 bridgehead atoms. The van der Waals surface area contributed by atoms with Gasteiger partial charge in [0.15, 0.2) is 0 Å². The van der Waals surface area contributed by atoms with E-state index in [9.17, 15) is 9.90 Å². The van der Waals surface area contributed by atoms with Crippen molar-refractivity contribution in [3.8, 4) is 0 Å². The molecule has 1 amide bonds. The summed E-state index contributed by atoms with van der Waals surface area (Å²) in [5.41, 5.74) is 13.1. The number of amides is 1. The van der Waals surface area contributed by atoms with Crippen molar-refractivity contribution < 1.29 is 9.90 Å². The van der Waals surface area contributed by atoms with E-state index in [1.54, 1.807) is 0 Å². The maximum absolute atomic E-state index is 11.8. The van der Waals surface area contributed by atoms with Crippen LogP contribution in [0.5, 0.6) is 0 Å². The average Bonchev–Trinajstić information content (AvgIpc) is 2.58. The minimum atomic E-state index is -0.106. The highest BCUT2D eigenvalue weighted by Gasteiger charge is 2.21. The van der Waals surface area contributed by atoms with E-state index >= 15 is 0 Å². The third-order valence-corrected chi connectivity index (χ3v) is 5.36. The van der Waals surface area contributed by atoms with Gasteiger partial charge in [0.2, 0.25) is 0 Å². The summed E-state index contributed by atoms with van der Waals surface area (Å²) in [5, 5.41) is 13.6. The van der Waals surface area contributed by atoms with Gasteiger partial charge in [0.25, 0.3) is 5.91 Å². The predicted molar refractivity (Wildman–Crippen MR) is 98.1 cm³/mol. The van der Waals surface area contributed by atoms with Gasteiger partial charge >= 0.3 is 0 Å². The van der Waals surface area contributed by atoms with Gasteiger partial charge in [-0.25, -0.2) is 0 Å². The Balaban J connectivity index is 1.90. The molecule has 1 aromatic carbocycles. The second kappa shape index (κ2) is 9.17. The standard InChI is InChI=1S/C17H27N3O2S/c18-8-9-20-16(21)13-6-4-12(5-7-13)11-23-17(22)14-2-1-3-15(19)10-14/h4-7,14-15,22-23H,1-3,8-11,18-19H2,(H,20,21)/t14-,15-/m0/s1. The molecule has 1 saturated carbocycles. The summed E-state index contributed by atoms with van der Waals surface area (Å²) in [6.45, 7) is 0.911. The van der Waals surface area contributed by atoms with Crippen LogP contribution in [-0.2, 0) is 5.75 Å². The summed E-state index contributed by atoms with van der Waals surface area (Å²) in [7, 11) is 0. The Morgan fingerprint density at radius 1 is 1.30 bits per heavy atom. The van der Waals surface area contributed by atoms with E-state index in [0.29, 0.717) is 23.7 Å². The molecule has 1 aromatic rings. The molecule has 2 rings (SSSR count). The van der Waals surface area contributed by atoms with E-state index < -0.39 is 0 Å². The van der Waals surface area contributed by atoms with Crippen molar-refractivity contribution in [1.29, 1.82) is 0 Å². The molecule has 6 heteroatoms. The number of benzene rings is 1. The molecule has 0 saturated heterocycles.